The summed E-state index contributed by atoms with van der Waals surface area (Å²) in [7, 11) is 0. The van der Waals surface area contributed by atoms with E-state index in [2.05, 4.69) is 15.9 Å². The van der Waals surface area contributed by atoms with Gasteiger partial charge in [-0.15, -0.1) is 0 Å². The average Bonchev–Trinajstić information content (AvgIpc) is 1.85. The van der Waals surface area contributed by atoms with Gasteiger partial charge in [0.2, 0.25) is 0 Å². The molecular weight excluding hydrogens is 128 g/mol. The van der Waals surface area contributed by atoms with Crippen LogP contribution in [0.5, 0.6) is 0 Å². The molecule has 1 heteroatoms. The zero-order valence-corrected chi connectivity index (χ0v) is 4.17. The molecule has 0 radical (unpaired) electrons. The van der Waals surface area contributed by atoms with E-state index in [1.54, 1.807) is 0 Å². The minimum atomic E-state index is -2.72. The molecule has 0 aromatic carbocycles. The highest BCUT2D eigenvalue weighted by Gasteiger charge is 1.69. The van der Waals surface area contributed by atoms with Gasteiger partial charge in [-0.3, -0.25) is 0 Å². The molecule has 32 valence electrons. The molecule has 0 saturated heterocycles. The van der Waals surface area contributed by atoms with Gasteiger partial charge in [0.15, 0.2) is 0 Å². The SMILES string of the molecule is [2H]CC([2H])([2H])C([2H])([2H])C([2H])([2H])Br. The topological polar surface area (TPSA) is 0 Å². The summed E-state index contributed by atoms with van der Waals surface area (Å²) in [5.74, 6) is 0. The van der Waals surface area contributed by atoms with E-state index in [1.807, 2.05) is 0 Å². The highest BCUT2D eigenvalue weighted by atomic mass is 79.9. The fourth-order valence-corrected chi connectivity index (χ4v) is 0.174. The molecule has 0 atom stereocenters. The van der Waals surface area contributed by atoms with Crippen molar-refractivity contribution in [2.45, 2.75) is 19.6 Å². The zero-order valence-electron chi connectivity index (χ0n) is 9.59. The Morgan fingerprint density at radius 2 is 3.00 bits per heavy atom. The van der Waals surface area contributed by atoms with Crippen molar-refractivity contribution < 1.29 is 9.60 Å². The van der Waals surface area contributed by atoms with E-state index in [0.29, 0.717) is 0 Å². The first-order chi connectivity index (χ1) is 5.06. The van der Waals surface area contributed by atoms with E-state index in [-0.39, 0.29) is 0 Å². The summed E-state index contributed by atoms with van der Waals surface area (Å²) in [6.45, 7) is -0.814. The van der Waals surface area contributed by atoms with E-state index < -0.39 is 24.9 Å². The van der Waals surface area contributed by atoms with Crippen LogP contribution in [0.3, 0.4) is 0 Å². The van der Waals surface area contributed by atoms with Gasteiger partial charge in [0.1, 0.15) is 0 Å². The molecule has 0 rings (SSSR count). The molecular formula is C4H9Br. The second-order valence-corrected chi connectivity index (χ2v) is 0.793. The van der Waals surface area contributed by atoms with Crippen molar-refractivity contribution in [3.8, 4) is 0 Å². The molecule has 0 unspecified atom stereocenters. The zero-order chi connectivity index (χ0) is 10.2. The molecule has 5 heavy (non-hydrogen) atoms. The predicted octanol–water partition coefficient (Wildman–Crippen LogP) is 2.18. The summed E-state index contributed by atoms with van der Waals surface area (Å²) in [6.07, 6.45) is -5.22. The Kier molecular flexibility index (Phi) is 0.748. The van der Waals surface area contributed by atoms with Gasteiger partial charge < -0.3 is 0 Å². The van der Waals surface area contributed by atoms with Crippen molar-refractivity contribution in [1.29, 1.82) is 0 Å². The van der Waals surface area contributed by atoms with Crippen molar-refractivity contribution in [1.82, 2.24) is 0 Å². The standard InChI is InChI=1S/C4H9Br/c1-2-3-4-5/h2-4H2,1H3/i1D,2D2,3D2,4D2. The Balaban J connectivity index is 4.85. The lowest BCUT2D eigenvalue weighted by atomic mass is 10.4. The number of halogens is 1. The maximum Gasteiger partial charge on any atom is 0.0387 e. The third kappa shape index (κ3) is 4.48. The van der Waals surface area contributed by atoms with Gasteiger partial charge in [0.25, 0.3) is 0 Å². The number of alkyl halides is 1. The molecule has 0 aromatic rings. The van der Waals surface area contributed by atoms with Gasteiger partial charge in [0, 0.05) is 14.9 Å². The van der Waals surface area contributed by atoms with Gasteiger partial charge in [-0.25, -0.2) is 0 Å². The number of hydrogen-bond acceptors (Lipinski definition) is 0. The molecule has 0 aliphatic rings. The maximum atomic E-state index is 7.13. The quantitative estimate of drug-likeness (QED) is 0.521. The number of hydrogen-bond donors (Lipinski definition) is 0. The Morgan fingerprint density at radius 1 is 2.20 bits per heavy atom. The first-order valence-electron chi connectivity index (χ1n) is 4.75. The Morgan fingerprint density at radius 3 is 3.20 bits per heavy atom. The molecule has 0 fully saturated rings. The van der Waals surface area contributed by atoms with Crippen molar-refractivity contribution in [3.05, 3.63) is 0 Å². The van der Waals surface area contributed by atoms with Crippen LogP contribution in [0.25, 0.3) is 0 Å². The van der Waals surface area contributed by atoms with Crippen LogP contribution in [0.15, 0.2) is 0 Å². The number of rotatable bonds is 2. The second-order valence-electron chi connectivity index (χ2n) is 0.396. The van der Waals surface area contributed by atoms with Gasteiger partial charge in [-0.1, -0.05) is 29.2 Å². The Labute approximate surface area is 51.5 Å². The highest BCUT2D eigenvalue weighted by Crippen LogP contribution is 1.89. The lowest BCUT2D eigenvalue weighted by molar-refractivity contribution is 0.902. The average molecular weight is 144 g/mol. The maximum absolute atomic E-state index is 7.13. The highest BCUT2D eigenvalue weighted by molar-refractivity contribution is 9.09. The molecule has 0 aliphatic heterocycles. The minimum absolute atomic E-state index is 0.814. The second kappa shape index (κ2) is 4.48. The van der Waals surface area contributed by atoms with Crippen LogP contribution >= 0.6 is 15.9 Å². The first-order valence-corrected chi connectivity index (χ1v) is 1.84. The molecule has 0 bridgehead atoms. The van der Waals surface area contributed by atoms with Crippen LogP contribution in [-0.2, 0) is 0 Å². The molecule has 0 nitrogen and oxygen atoms in total. The van der Waals surface area contributed by atoms with Crippen molar-refractivity contribution in [2.24, 2.45) is 0 Å². The summed E-state index contributed by atoms with van der Waals surface area (Å²) in [5, 5.41) is -2.47. The van der Waals surface area contributed by atoms with Gasteiger partial charge in [-0.05, 0) is 6.37 Å². The molecule has 0 aromatic heterocycles. The summed E-state index contributed by atoms with van der Waals surface area (Å²) in [6, 6.07) is 0. The predicted molar refractivity (Wildman–Crippen MR) is 28.7 cm³/mol. The van der Waals surface area contributed by atoms with E-state index in [1.165, 1.54) is 0 Å². The van der Waals surface area contributed by atoms with Crippen LogP contribution < -0.4 is 0 Å². The van der Waals surface area contributed by atoms with E-state index >= 15 is 0 Å². The fourth-order valence-electron chi connectivity index (χ4n) is 0.0334. The minimum Gasteiger partial charge on any atom is -0.0928 e. The largest absolute Gasteiger partial charge is 0.0928 e. The van der Waals surface area contributed by atoms with E-state index in [4.69, 9.17) is 9.60 Å². The van der Waals surface area contributed by atoms with Crippen LogP contribution in [0.4, 0.5) is 0 Å². The molecule has 0 saturated carbocycles. The molecule has 0 heterocycles. The first kappa shape index (κ1) is 0.835. The van der Waals surface area contributed by atoms with Gasteiger partial charge in [0.05, 0.1) is 0 Å². The molecule has 0 aliphatic carbocycles. The van der Waals surface area contributed by atoms with Crippen molar-refractivity contribution >= 4 is 15.9 Å². The van der Waals surface area contributed by atoms with Crippen LogP contribution in [0, 0.1) is 0 Å². The van der Waals surface area contributed by atoms with Crippen LogP contribution in [0.1, 0.15) is 29.2 Å². The molecule has 0 amide bonds. The van der Waals surface area contributed by atoms with Crippen LogP contribution in [0.2, 0.25) is 0 Å². The molecule has 0 N–H and O–H groups in total. The summed E-state index contributed by atoms with van der Waals surface area (Å²) in [4.78, 5) is 0. The third-order valence-corrected chi connectivity index (χ3v) is 0.334. The summed E-state index contributed by atoms with van der Waals surface area (Å²) in [5.41, 5.74) is 0. The van der Waals surface area contributed by atoms with E-state index in [0.717, 1.165) is 0 Å². The van der Waals surface area contributed by atoms with Crippen molar-refractivity contribution in [2.75, 3.05) is 5.28 Å². The normalized spacial score (nSPS) is 37.4. The fraction of sp³-hybridized carbons (Fsp3) is 1.00. The summed E-state index contributed by atoms with van der Waals surface area (Å²) >= 11 is 2.41. The van der Waals surface area contributed by atoms with Gasteiger partial charge >= 0.3 is 0 Å². The third-order valence-electron chi connectivity index (χ3n) is 0.136. The molecule has 0 spiro atoms. The lowest BCUT2D eigenvalue weighted by Crippen LogP contribution is -1.64. The Bertz CT molecular complexity index is 159. The monoisotopic (exact) mass is 143 g/mol. The van der Waals surface area contributed by atoms with Crippen LogP contribution in [-0.4, -0.2) is 5.28 Å². The van der Waals surface area contributed by atoms with E-state index in [9.17, 15) is 0 Å². The summed E-state index contributed by atoms with van der Waals surface area (Å²) < 4.78 is 49.1. The Hall–Kier alpha value is 0.480. The van der Waals surface area contributed by atoms with Gasteiger partial charge in [-0.2, -0.15) is 0 Å². The van der Waals surface area contributed by atoms with Crippen molar-refractivity contribution in [3.63, 3.8) is 0 Å². The smallest absolute Gasteiger partial charge is 0.0387 e. The lowest BCUT2D eigenvalue weighted by Gasteiger charge is -1.77.